The van der Waals surface area contributed by atoms with Crippen LogP contribution in [0, 0.1) is 0 Å². The molecule has 0 atom stereocenters. The van der Waals surface area contributed by atoms with Crippen molar-refractivity contribution in [3.8, 4) is 10.6 Å². The molecular weight excluding hydrogens is 320 g/mol. The zero-order chi connectivity index (χ0) is 13.1. The summed E-state index contributed by atoms with van der Waals surface area (Å²) in [7, 11) is 0. The van der Waals surface area contributed by atoms with Gasteiger partial charge in [-0.3, -0.25) is 0 Å². The summed E-state index contributed by atoms with van der Waals surface area (Å²) in [5.74, 6) is 0.883. The zero-order valence-electron chi connectivity index (χ0n) is 10.1. The van der Waals surface area contributed by atoms with Crippen molar-refractivity contribution in [1.29, 1.82) is 0 Å². The average Bonchev–Trinajstić information content (AvgIpc) is 2.89. The third-order valence-electron chi connectivity index (χ3n) is 2.76. The Morgan fingerprint density at radius 3 is 2.42 bits per heavy atom. The van der Waals surface area contributed by atoms with Gasteiger partial charge in [-0.25, -0.2) is 4.98 Å². The summed E-state index contributed by atoms with van der Waals surface area (Å²) in [6.07, 6.45) is 0.786. The Kier molecular flexibility index (Phi) is 3.71. The van der Waals surface area contributed by atoms with Crippen molar-refractivity contribution in [2.45, 2.75) is 6.42 Å². The standard InChI is InChI=1S/C15H11BrN2S/c16-13-8-6-12(7-9-13)15-17-14(18-19-15)10-11-4-2-1-3-5-11/h1-9H,10H2. The van der Waals surface area contributed by atoms with Crippen LogP contribution in [0.3, 0.4) is 0 Å². The van der Waals surface area contributed by atoms with Crippen molar-refractivity contribution in [2.75, 3.05) is 0 Å². The van der Waals surface area contributed by atoms with Crippen molar-refractivity contribution >= 4 is 27.5 Å². The van der Waals surface area contributed by atoms with Gasteiger partial charge in [0.05, 0.1) is 0 Å². The lowest BCUT2D eigenvalue weighted by atomic mass is 10.1. The Bertz CT molecular complexity index is 662. The maximum atomic E-state index is 4.60. The zero-order valence-corrected chi connectivity index (χ0v) is 12.5. The quantitative estimate of drug-likeness (QED) is 0.703. The highest BCUT2D eigenvalue weighted by molar-refractivity contribution is 9.10. The summed E-state index contributed by atoms with van der Waals surface area (Å²) in [4.78, 5) is 4.60. The summed E-state index contributed by atoms with van der Waals surface area (Å²) < 4.78 is 5.50. The summed E-state index contributed by atoms with van der Waals surface area (Å²) >= 11 is 4.89. The molecule has 0 unspecified atom stereocenters. The van der Waals surface area contributed by atoms with E-state index in [0.717, 1.165) is 27.3 Å². The minimum Gasteiger partial charge on any atom is -0.219 e. The fraction of sp³-hybridized carbons (Fsp3) is 0.0667. The van der Waals surface area contributed by atoms with E-state index < -0.39 is 0 Å². The van der Waals surface area contributed by atoms with E-state index >= 15 is 0 Å². The highest BCUT2D eigenvalue weighted by atomic mass is 79.9. The van der Waals surface area contributed by atoms with Gasteiger partial charge in [0, 0.05) is 16.5 Å². The molecule has 2 aromatic carbocycles. The average molecular weight is 331 g/mol. The van der Waals surface area contributed by atoms with Gasteiger partial charge in [-0.2, -0.15) is 4.37 Å². The lowest BCUT2D eigenvalue weighted by Gasteiger charge is -1.96. The van der Waals surface area contributed by atoms with Gasteiger partial charge >= 0.3 is 0 Å². The lowest BCUT2D eigenvalue weighted by Crippen LogP contribution is -1.90. The second-order valence-electron chi connectivity index (χ2n) is 4.19. The molecule has 0 saturated heterocycles. The van der Waals surface area contributed by atoms with Crippen LogP contribution in [-0.2, 0) is 6.42 Å². The Hall–Kier alpha value is -1.52. The topological polar surface area (TPSA) is 25.8 Å². The van der Waals surface area contributed by atoms with Crippen molar-refractivity contribution in [2.24, 2.45) is 0 Å². The van der Waals surface area contributed by atoms with Crippen LogP contribution in [0.15, 0.2) is 59.1 Å². The Morgan fingerprint density at radius 2 is 1.68 bits per heavy atom. The number of hydrogen-bond donors (Lipinski definition) is 0. The van der Waals surface area contributed by atoms with Crippen molar-refractivity contribution < 1.29 is 0 Å². The van der Waals surface area contributed by atoms with E-state index in [2.05, 4.69) is 49.6 Å². The van der Waals surface area contributed by atoms with Gasteiger partial charge in [0.25, 0.3) is 0 Å². The van der Waals surface area contributed by atoms with Crippen LogP contribution < -0.4 is 0 Å². The molecule has 19 heavy (non-hydrogen) atoms. The van der Waals surface area contributed by atoms with E-state index in [0.29, 0.717) is 0 Å². The molecular formula is C15H11BrN2S. The SMILES string of the molecule is Brc1ccc(-c2nc(Cc3ccccc3)ns2)cc1. The smallest absolute Gasteiger partial charge is 0.147 e. The van der Waals surface area contributed by atoms with Gasteiger partial charge in [0.2, 0.25) is 0 Å². The van der Waals surface area contributed by atoms with Crippen LogP contribution in [0.2, 0.25) is 0 Å². The first-order valence-electron chi connectivity index (χ1n) is 5.94. The highest BCUT2D eigenvalue weighted by Crippen LogP contribution is 2.24. The van der Waals surface area contributed by atoms with Crippen LogP contribution >= 0.6 is 27.5 Å². The molecule has 94 valence electrons. The van der Waals surface area contributed by atoms with Crippen molar-refractivity contribution in [1.82, 2.24) is 9.36 Å². The monoisotopic (exact) mass is 330 g/mol. The number of rotatable bonds is 3. The molecule has 0 saturated carbocycles. The van der Waals surface area contributed by atoms with E-state index in [-0.39, 0.29) is 0 Å². The van der Waals surface area contributed by atoms with Crippen LogP contribution in [0.1, 0.15) is 11.4 Å². The molecule has 0 N–H and O–H groups in total. The summed E-state index contributed by atoms with van der Waals surface area (Å²) in [5.41, 5.74) is 2.35. The molecule has 0 spiro atoms. The molecule has 3 aromatic rings. The second kappa shape index (κ2) is 5.63. The number of aromatic nitrogens is 2. The maximum Gasteiger partial charge on any atom is 0.147 e. The fourth-order valence-electron chi connectivity index (χ4n) is 1.81. The molecule has 0 radical (unpaired) electrons. The number of hydrogen-bond acceptors (Lipinski definition) is 3. The molecule has 0 aliphatic heterocycles. The number of nitrogens with zero attached hydrogens (tertiary/aromatic N) is 2. The van der Waals surface area contributed by atoms with E-state index in [4.69, 9.17) is 0 Å². The second-order valence-corrected chi connectivity index (χ2v) is 5.85. The normalized spacial score (nSPS) is 10.6. The lowest BCUT2D eigenvalue weighted by molar-refractivity contribution is 1.04. The van der Waals surface area contributed by atoms with Gasteiger partial charge in [0.15, 0.2) is 0 Å². The van der Waals surface area contributed by atoms with Gasteiger partial charge < -0.3 is 0 Å². The molecule has 0 aliphatic rings. The van der Waals surface area contributed by atoms with Crippen molar-refractivity contribution in [3.63, 3.8) is 0 Å². The third kappa shape index (κ3) is 3.08. The van der Waals surface area contributed by atoms with Crippen molar-refractivity contribution in [3.05, 3.63) is 70.5 Å². The number of halogens is 1. The molecule has 1 aromatic heterocycles. The molecule has 3 rings (SSSR count). The van der Waals surface area contributed by atoms with Gasteiger partial charge in [-0.15, -0.1) is 0 Å². The van der Waals surface area contributed by atoms with E-state index in [1.807, 2.05) is 30.3 Å². The molecule has 1 heterocycles. The van der Waals surface area contributed by atoms with Crippen LogP contribution in [0.25, 0.3) is 10.6 Å². The van der Waals surface area contributed by atoms with Crippen LogP contribution in [0.5, 0.6) is 0 Å². The minimum atomic E-state index is 0.786. The summed E-state index contributed by atoms with van der Waals surface area (Å²) in [6, 6.07) is 18.4. The first kappa shape index (κ1) is 12.5. The molecule has 0 fully saturated rings. The molecule has 0 aliphatic carbocycles. The van der Waals surface area contributed by atoms with Crippen LogP contribution in [-0.4, -0.2) is 9.36 Å². The fourth-order valence-corrected chi connectivity index (χ4v) is 2.76. The largest absolute Gasteiger partial charge is 0.219 e. The van der Waals surface area contributed by atoms with Gasteiger partial charge in [-0.05, 0) is 29.2 Å². The predicted molar refractivity (Wildman–Crippen MR) is 82.3 cm³/mol. The Labute approximate surface area is 124 Å². The first-order valence-corrected chi connectivity index (χ1v) is 7.50. The molecule has 4 heteroatoms. The van der Waals surface area contributed by atoms with E-state index in [9.17, 15) is 0 Å². The summed E-state index contributed by atoms with van der Waals surface area (Å²) in [6.45, 7) is 0. The Balaban J connectivity index is 1.82. The Morgan fingerprint density at radius 1 is 0.947 bits per heavy atom. The number of benzene rings is 2. The van der Waals surface area contributed by atoms with Gasteiger partial charge in [0.1, 0.15) is 10.8 Å². The predicted octanol–water partition coefficient (Wildman–Crippen LogP) is 4.56. The first-order chi connectivity index (χ1) is 9.31. The van der Waals surface area contributed by atoms with E-state index in [1.54, 1.807) is 0 Å². The molecule has 0 amide bonds. The minimum absolute atomic E-state index is 0.786. The van der Waals surface area contributed by atoms with Crippen LogP contribution in [0.4, 0.5) is 0 Å². The third-order valence-corrected chi connectivity index (χ3v) is 4.09. The highest BCUT2D eigenvalue weighted by Gasteiger charge is 2.07. The van der Waals surface area contributed by atoms with Gasteiger partial charge in [-0.1, -0.05) is 58.4 Å². The van der Waals surface area contributed by atoms with E-state index in [1.165, 1.54) is 17.1 Å². The molecule has 0 bridgehead atoms. The maximum absolute atomic E-state index is 4.60. The molecule has 2 nitrogen and oxygen atoms in total. The summed E-state index contributed by atoms with van der Waals surface area (Å²) in [5, 5.41) is 0.971.